The molecule has 1 rings (SSSR count). The molecule has 0 saturated heterocycles. The molecular weight excluding hydrogens is 162 g/mol. The van der Waals surface area contributed by atoms with Crippen LogP contribution in [0.5, 0.6) is 0 Å². The predicted molar refractivity (Wildman–Crippen MR) is 53.0 cm³/mol. The maximum atomic E-state index is 5.78. The fourth-order valence-electron chi connectivity index (χ4n) is 1.30. The van der Waals surface area contributed by atoms with Gasteiger partial charge in [-0.05, 0) is 13.8 Å². The van der Waals surface area contributed by atoms with Crippen molar-refractivity contribution in [3.8, 4) is 12.3 Å². The normalized spacial score (nSPS) is 14.9. The molecule has 0 radical (unpaired) electrons. The SMILES string of the molecule is C#CCC(C)n1cncc1C(C)N. The highest BCUT2D eigenvalue weighted by molar-refractivity contribution is 5.05. The third-order valence-corrected chi connectivity index (χ3v) is 2.05. The lowest BCUT2D eigenvalue weighted by Crippen LogP contribution is -2.14. The van der Waals surface area contributed by atoms with Crippen LogP contribution in [0, 0.1) is 12.3 Å². The van der Waals surface area contributed by atoms with Crippen LogP contribution in [0.1, 0.15) is 38.0 Å². The van der Waals surface area contributed by atoms with Gasteiger partial charge in [-0.1, -0.05) is 0 Å². The first-order chi connectivity index (χ1) is 6.16. The van der Waals surface area contributed by atoms with Gasteiger partial charge in [-0.3, -0.25) is 0 Å². The Morgan fingerprint density at radius 3 is 2.92 bits per heavy atom. The van der Waals surface area contributed by atoms with E-state index in [-0.39, 0.29) is 12.1 Å². The molecule has 1 aromatic rings. The van der Waals surface area contributed by atoms with E-state index in [1.165, 1.54) is 0 Å². The van der Waals surface area contributed by atoms with Crippen molar-refractivity contribution in [3.05, 3.63) is 18.2 Å². The number of nitrogens with zero attached hydrogens (tertiary/aromatic N) is 2. The summed E-state index contributed by atoms with van der Waals surface area (Å²) in [5.74, 6) is 2.63. The second-order valence-electron chi connectivity index (χ2n) is 3.27. The highest BCUT2D eigenvalue weighted by Crippen LogP contribution is 2.16. The van der Waals surface area contributed by atoms with E-state index in [9.17, 15) is 0 Å². The van der Waals surface area contributed by atoms with E-state index in [0.29, 0.717) is 6.42 Å². The zero-order valence-corrected chi connectivity index (χ0v) is 8.07. The molecule has 0 aliphatic heterocycles. The van der Waals surface area contributed by atoms with Gasteiger partial charge in [0.05, 0.1) is 12.0 Å². The van der Waals surface area contributed by atoms with Gasteiger partial charge >= 0.3 is 0 Å². The summed E-state index contributed by atoms with van der Waals surface area (Å²) in [7, 11) is 0. The summed E-state index contributed by atoms with van der Waals surface area (Å²) < 4.78 is 2.03. The Bertz CT molecular complexity index is 306. The smallest absolute Gasteiger partial charge is 0.0951 e. The third kappa shape index (κ3) is 2.10. The molecule has 1 heterocycles. The standard InChI is InChI=1S/C10H15N3/c1-4-5-8(2)13-7-12-6-10(13)9(3)11/h1,6-9H,5,11H2,2-3H3. The average molecular weight is 177 g/mol. The number of hydrogen-bond donors (Lipinski definition) is 1. The molecule has 0 spiro atoms. The van der Waals surface area contributed by atoms with Crippen molar-refractivity contribution < 1.29 is 0 Å². The van der Waals surface area contributed by atoms with Crippen molar-refractivity contribution in [2.24, 2.45) is 5.73 Å². The van der Waals surface area contributed by atoms with Crippen LogP contribution in [0.15, 0.2) is 12.5 Å². The number of hydrogen-bond acceptors (Lipinski definition) is 2. The Kier molecular flexibility index (Phi) is 3.10. The van der Waals surface area contributed by atoms with Crippen LogP contribution in [0.4, 0.5) is 0 Å². The Morgan fingerprint density at radius 1 is 1.69 bits per heavy atom. The van der Waals surface area contributed by atoms with Gasteiger partial charge in [-0.2, -0.15) is 0 Å². The summed E-state index contributed by atoms with van der Waals surface area (Å²) >= 11 is 0. The lowest BCUT2D eigenvalue weighted by Gasteiger charge is -2.15. The second-order valence-corrected chi connectivity index (χ2v) is 3.27. The highest BCUT2D eigenvalue weighted by Gasteiger charge is 2.10. The van der Waals surface area contributed by atoms with Crippen molar-refractivity contribution in [2.45, 2.75) is 32.4 Å². The van der Waals surface area contributed by atoms with Crippen LogP contribution in [0.25, 0.3) is 0 Å². The van der Waals surface area contributed by atoms with E-state index in [1.807, 2.05) is 11.5 Å². The summed E-state index contributed by atoms with van der Waals surface area (Å²) in [6.07, 6.45) is 9.52. The summed E-state index contributed by atoms with van der Waals surface area (Å²) in [6, 6.07) is 0.274. The van der Waals surface area contributed by atoms with E-state index in [2.05, 4.69) is 17.8 Å². The fourth-order valence-corrected chi connectivity index (χ4v) is 1.30. The zero-order valence-electron chi connectivity index (χ0n) is 8.07. The van der Waals surface area contributed by atoms with Gasteiger partial charge in [0.15, 0.2) is 0 Å². The van der Waals surface area contributed by atoms with Crippen LogP contribution >= 0.6 is 0 Å². The zero-order chi connectivity index (χ0) is 9.84. The summed E-state index contributed by atoms with van der Waals surface area (Å²) in [5, 5.41) is 0. The minimum atomic E-state index is 0.00252. The first-order valence-corrected chi connectivity index (χ1v) is 4.37. The third-order valence-electron chi connectivity index (χ3n) is 2.05. The van der Waals surface area contributed by atoms with Gasteiger partial charge in [-0.15, -0.1) is 12.3 Å². The first-order valence-electron chi connectivity index (χ1n) is 4.37. The molecule has 13 heavy (non-hydrogen) atoms. The number of terminal acetylenes is 1. The molecule has 1 aromatic heterocycles. The van der Waals surface area contributed by atoms with Crippen LogP contribution in [0.3, 0.4) is 0 Å². The maximum Gasteiger partial charge on any atom is 0.0951 e. The minimum Gasteiger partial charge on any atom is -0.329 e. The Morgan fingerprint density at radius 2 is 2.38 bits per heavy atom. The molecule has 0 fully saturated rings. The van der Waals surface area contributed by atoms with E-state index in [4.69, 9.17) is 12.2 Å². The number of aromatic nitrogens is 2. The Labute approximate surface area is 79.0 Å². The van der Waals surface area contributed by atoms with E-state index >= 15 is 0 Å². The monoisotopic (exact) mass is 177 g/mol. The van der Waals surface area contributed by atoms with Crippen LogP contribution < -0.4 is 5.73 Å². The molecule has 0 aliphatic carbocycles. The molecular formula is C10H15N3. The van der Waals surface area contributed by atoms with E-state index < -0.39 is 0 Å². The predicted octanol–water partition coefficient (Wildman–Crippen LogP) is 1.49. The molecule has 3 heteroatoms. The molecule has 0 amide bonds. The Balaban J connectivity index is 2.88. The molecule has 0 aromatic carbocycles. The summed E-state index contributed by atoms with van der Waals surface area (Å²) in [6.45, 7) is 4.00. The quantitative estimate of drug-likeness (QED) is 0.711. The van der Waals surface area contributed by atoms with Crippen molar-refractivity contribution >= 4 is 0 Å². The van der Waals surface area contributed by atoms with Gasteiger partial charge < -0.3 is 10.3 Å². The van der Waals surface area contributed by atoms with Crippen molar-refractivity contribution in [1.82, 2.24) is 9.55 Å². The second kappa shape index (κ2) is 4.11. The van der Waals surface area contributed by atoms with Gasteiger partial charge in [0.2, 0.25) is 0 Å². The molecule has 2 atom stereocenters. The van der Waals surface area contributed by atoms with Crippen molar-refractivity contribution in [2.75, 3.05) is 0 Å². The summed E-state index contributed by atoms with van der Waals surface area (Å²) in [4.78, 5) is 4.06. The number of imidazole rings is 1. The van der Waals surface area contributed by atoms with E-state index in [0.717, 1.165) is 5.69 Å². The largest absolute Gasteiger partial charge is 0.329 e. The lowest BCUT2D eigenvalue weighted by atomic mass is 10.2. The fraction of sp³-hybridized carbons (Fsp3) is 0.500. The molecule has 2 N–H and O–H groups in total. The molecule has 0 aliphatic rings. The maximum absolute atomic E-state index is 5.78. The minimum absolute atomic E-state index is 0.00252. The van der Waals surface area contributed by atoms with Crippen molar-refractivity contribution in [3.63, 3.8) is 0 Å². The average Bonchev–Trinajstić information content (AvgIpc) is 2.52. The van der Waals surface area contributed by atoms with Crippen LogP contribution in [0.2, 0.25) is 0 Å². The number of rotatable bonds is 3. The lowest BCUT2D eigenvalue weighted by molar-refractivity contribution is 0.524. The Hall–Kier alpha value is -1.27. The molecule has 70 valence electrons. The number of nitrogens with two attached hydrogens (primary N) is 1. The molecule has 2 unspecified atom stereocenters. The highest BCUT2D eigenvalue weighted by atomic mass is 15.1. The molecule has 0 saturated carbocycles. The van der Waals surface area contributed by atoms with Gasteiger partial charge in [-0.25, -0.2) is 4.98 Å². The topological polar surface area (TPSA) is 43.8 Å². The summed E-state index contributed by atoms with van der Waals surface area (Å²) in [5.41, 5.74) is 6.81. The molecule has 3 nitrogen and oxygen atoms in total. The van der Waals surface area contributed by atoms with Gasteiger partial charge in [0.1, 0.15) is 0 Å². The molecule has 0 bridgehead atoms. The van der Waals surface area contributed by atoms with Crippen molar-refractivity contribution in [1.29, 1.82) is 0 Å². The van der Waals surface area contributed by atoms with E-state index in [1.54, 1.807) is 12.5 Å². The van der Waals surface area contributed by atoms with Gasteiger partial charge in [0, 0.05) is 24.7 Å². The van der Waals surface area contributed by atoms with Crippen LogP contribution in [-0.4, -0.2) is 9.55 Å². The van der Waals surface area contributed by atoms with Crippen LogP contribution in [-0.2, 0) is 0 Å². The first kappa shape index (κ1) is 9.82. The van der Waals surface area contributed by atoms with Gasteiger partial charge in [0.25, 0.3) is 0 Å².